The molecule has 3 N–H and O–H groups in total. The van der Waals surface area contributed by atoms with Crippen molar-refractivity contribution in [2.75, 3.05) is 25.1 Å². The Labute approximate surface area is 118 Å². The summed E-state index contributed by atoms with van der Waals surface area (Å²) >= 11 is 0. The molecule has 1 aromatic rings. The zero-order chi connectivity index (χ0) is 15.1. The predicted octanol–water partition coefficient (Wildman–Crippen LogP) is 0.673. The first-order valence-corrected chi connectivity index (χ1v) is 6.26. The lowest BCUT2D eigenvalue weighted by Crippen LogP contribution is -2.55. The molecule has 2 atom stereocenters. The second kappa shape index (κ2) is 4.66. The second-order valence-electron chi connectivity index (χ2n) is 5.01. The maximum atomic E-state index is 15.1. The van der Waals surface area contributed by atoms with Crippen LogP contribution in [0.3, 0.4) is 0 Å². The summed E-state index contributed by atoms with van der Waals surface area (Å²) in [7, 11) is 0. The standard InChI is InChI=1S/C13H13F2N3O3/c14-10-2-1-8(17-7-19)3-9(10)13-6-20-4-12(13,15)5-21-11(16)18-13/h1-3,7H,4-6H2,(H2,16,18)(H,17,19)/t12-,13-/m1/s1. The van der Waals surface area contributed by atoms with Crippen molar-refractivity contribution in [3.05, 3.63) is 29.6 Å². The molecule has 1 fully saturated rings. The van der Waals surface area contributed by atoms with Gasteiger partial charge in [0.05, 0.1) is 13.2 Å². The number of nitrogens with zero attached hydrogens (tertiary/aromatic N) is 1. The van der Waals surface area contributed by atoms with Crippen LogP contribution in [0.4, 0.5) is 14.5 Å². The molecule has 6 nitrogen and oxygen atoms in total. The van der Waals surface area contributed by atoms with E-state index in [9.17, 15) is 9.18 Å². The van der Waals surface area contributed by atoms with Gasteiger partial charge in [-0.2, -0.15) is 0 Å². The molecule has 2 aliphatic rings. The molecule has 0 unspecified atom stereocenters. The molecule has 1 amide bonds. The summed E-state index contributed by atoms with van der Waals surface area (Å²) in [6.07, 6.45) is 0.449. The summed E-state index contributed by atoms with van der Waals surface area (Å²) in [5.41, 5.74) is 2.20. The van der Waals surface area contributed by atoms with Crippen LogP contribution in [-0.2, 0) is 19.8 Å². The molecular weight excluding hydrogens is 284 g/mol. The lowest BCUT2D eigenvalue weighted by molar-refractivity contribution is -0.105. The predicted molar refractivity (Wildman–Crippen MR) is 70.0 cm³/mol. The van der Waals surface area contributed by atoms with Gasteiger partial charge in [-0.05, 0) is 18.2 Å². The fourth-order valence-corrected chi connectivity index (χ4v) is 2.69. The first-order valence-electron chi connectivity index (χ1n) is 6.26. The van der Waals surface area contributed by atoms with Crippen LogP contribution < -0.4 is 11.1 Å². The number of carbonyl (C=O) groups is 1. The van der Waals surface area contributed by atoms with E-state index in [1.54, 1.807) is 0 Å². The van der Waals surface area contributed by atoms with Crippen molar-refractivity contribution in [1.82, 2.24) is 0 Å². The van der Waals surface area contributed by atoms with Gasteiger partial charge in [0.2, 0.25) is 6.41 Å². The molecular formula is C13H13F2N3O3. The van der Waals surface area contributed by atoms with Crippen molar-refractivity contribution in [2.24, 2.45) is 10.7 Å². The number of benzene rings is 1. The Morgan fingerprint density at radius 1 is 1.38 bits per heavy atom. The number of ether oxygens (including phenoxy) is 2. The molecule has 2 aliphatic heterocycles. The maximum absolute atomic E-state index is 15.1. The van der Waals surface area contributed by atoms with Gasteiger partial charge in [-0.1, -0.05) is 0 Å². The monoisotopic (exact) mass is 297 g/mol. The van der Waals surface area contributed by atoms with Gasteiger partial charge in [-0.15, -0.1) is 0 Å². The van der Waals surface area contributed by atoms with Crippen LogP contribution in [0.2, 0.25) is 0 Å². The fraction of sp³-hybridized carbons (Fsp3) is 0.385. The normalized spacial score (nSPS) is 31.0. The van der Waals surface area contributed by atoms with Gasteiger partial charge >= 0.3 is 0 Å². The molecule has 0 saturated carbocycles. The number of amides is 1. The number of alkyl halides is 1. The van der Waals surface area contributed by atoms with E-state index in [2.05, 4.69) is 10.3 Å². The number of hydrogen-bond donors (Lipinski definition) is 2. The van der Waals surface area contributed by atoms with Crippen LogP contribution in [0.5, 0.6) is 0 Å². The fourth-order valence-electron chi connectivity index (χ4n) is 2.69. The van der Waals surface area contributed by atoms with Crippen LogP contribution in [0.15, 0.2) is 23.2 Å². The summed E-state index contributed by atoms with van der Waals surface area (Å²) in [5.74, 6) is -0.655. The minimum Gasteiger partial charge on any atom is -0.462 e. The van der Waals surface area contributed by atoms with Crippen molar-refractivity contribution in [3.63, 3.8) is 0 Å². The van der Waals surface area contributed by atoms with E-state index in [1.807, 2.05) is 0 Å². The van der Waals surface area contributed by atoms with Gasteiger partial charge in [-0.25, -0.2) is 13.8 Å². The summed E-state index contributed by atoms with van der Waals surface area (Å²) in [4.78, 5) is 14.5. The highest BCUT2D eigenvalue weighted by Crippen LogP contribution is 2.48. The van der Waals surface area contributed by atoms with Crippen molar-refractivity contribution >= 4 is 18.1 Å². The minimum atomic E-state index is -2.02. The number of aliphatic imine (C=N–C) groups is 1. The molecule has 21 heavy (non-hydrogen) atoms. The molecule has 1 aromatic carbocycles. The Balaban J connectivity index is 2.18. The van der Waals surface area contributed by atoms with Crippen LogP contribution in [0.25, 0.3) is 0 Å². The number of hydrogen-bond acceptors (Lipinski definition) is 5. The van der Waals surface area contributed by atoms with Crippen LogP contribution >= 0.6 is 0 Å². The molecule has 0 radical (unpaired) electrons. The molecule has 2 heterocycles. The van der Waals surface area contributed by atoms with Crippen molar-refractivity contribution < 1.29 is 23.0 Å². The smallest absolute Gasteiger partial charge is 0.283 e. The number of nitrogens with one attached hydrogen (secondary N) is 1. The highest BCUT2D eigenvalue weighted by Gasteiger charge is 2.62. The SMILES string of the molecule is NC1=N[C@@]2(c3cc(NC=O)ccc3F)COC[C@@]2(F)CO1. The van der Waals surface area contributed by atoms with Crippen LogP contribution in [0, 0.1) is 5.82 Å². The Morgan fingerprint density at radius 2 is 2.19 bits per heavy atom. The first-order chi connectivity index (χ1) is 10.0. The van der Waals surface area contributed by atoms with E-state index in [1.165, 1.54) is 12.1 Å². The van der Waals surface area contributed by atoms with Crippen molar-refractivity contribution in [2.45, 2.75) is 11.2 Å². The van der Waals surface area contributed by atoms with Gasteiger partial charge in [0.25, 0.3) is 6.02 Å². The third kappa shape index (κ3) is 1.94. The molecule has 3 rings (SSSR count). The van der Waals surface area contributed by atoms with Gasteiger partial charge in [0.1, 0.15) is 12.4 Å². The number of nitrogens with two attached hydrogens (primary N) is 1. The molecule has 0 aromatic heterocycles. The molecule has 0 aliphatic carbocycles. The summed E-state index contributed by atoms with van der Waals surface area (Å²) in [6, 6.07) is 3.61. The number of halogens is 2. The van der Waals surface area contributed by atoms with E-state index in [0.29, 0.717) is 12.1 Å². The van der Waals surface area contributed by atoms with E-state index in [4.69, 9.17) is 15.2 Å². The Bertz CT molecular complexity index is 625. The summed E-state index contributed by atoms with van der Waals surface area (Å²) < 4.78 is 39.5. The molecule has 1 saturated heterocycles. The highest BCUT2D eigenvalue weighted by atomic mass is 19.1. The van der Waals surface area contributed by atoms with Crippen molar-refractivity contribution in [1.29, 1.82) is 0 Å². The lowest BCUT2D eigenvalue weighted by atomic mass is 9.78. The molecule has 0 spiro atoms. The van der Waals surface area contributed by atoms with Gasteiger partial charge in [0, 0.05) is 11.3 Å². The largest absolute Gasteiger partial charge is 0.462 e. The topological polar surface area (TPSA) is 85.9 Å². The van der Waals surface area contributed by atoms with E-state index < -0.39 is 17.0 Å². The average molecular weight is 297 g/mol. The summed E-state index contributed by atoms with van der Waals surface area (Å²) in [5, 5.41) is 2.39. The quantitative estimate of drug-likeness (QED) is 0.803. The van der Waals surface area contributed by atoms with Gasteiger partial charge < -0.3 is 20.5 Å². The summed E-state index contributed by atoms with van der Waals surface area (Å²) in [6.45, 7) is -0.795. The van der Waals surface area contributed by atoms with E-state index in [-0.39, 0.29) is 31.4 Å². The zero-order valence-electron chi connectivity index (χ0n) is 10.9. The highest BCUT2D eigenvalue weighted by molar-refractivity contribution is 5.75. The number of carbonyl (C=O) groups excluding carboxylic acids is 1. The Hall–Kier alpha value is -2.22. The second-order valence-corrected chi connectivity index (χ2v) is 5.01. The minimum absolute atomic E-state index is 0.0272. The third-order valence-corrected chi connectivity index (χ3v) is 3.77. The van der Waals surface area contributed by atoms with E-state index >= 15 is 4.39 Å². The first kappa shape index (κ1) is 13.7. The number of rotatable bonds is 3. The average Bonchev–Trinajstić information content (AvgIpc) is 2.79. The van der Waals surface area contributed by atoms with Gasteiger partial charge in [0.15, 0.2) is 11.2 Å². The molecule has 8 heteroatoms. The lowest BCUT2D eigenvalue weighted by Gasteiger charge is -2.38. The van der Waals surface area contributed by atoms with Crippen molar-refractivity contribution in [3.8, 4) is 0 Å². The van der Waals surface area contributed by atoms with Gasteiger partial charge in [-0.3, -0.25) is 4.79 Å². The Morgan fingerprint density at radius 3 is 2.95 bits per heavy atom. The maximum Gasteiger partial charge on any atom is 0.283 e. The third-order valence-electron chi connectivity index (χ3n) is 3.77. The van der Waals surface area contributed by atoms with Crippen LogP contribution in [-0.4, -0.2) is 37.9 Å². The molecule has 112 valence electrons. The van der Waals surface area contributed by atoms with Crippen LogP contribution in [0.1, 0.15) is 5.56 Å². The zero-order valence-corrected chi connectivity index (χ0v) is 10.9. The number of fused-ring (bicyclic) bond motifs is 1. The van der Waals surface area contributed by atoms with E-state index in [0.717, 1.165) is 6.07 Å². The number of amidine groups is 1. The number of anilines is 1. The Kier molecular flexibility index (Phi) is 3.05. The molecule has 0 bridgehead atoms.